The van der Waals surface area contributed by atoms with Crippen LogP contribution in [-0.2, 0) is 0 Å². The Morgan fingerprint density at radius 1 is 1.25 bits per heavy atom. The fraction of sp³-hybridized carbons (Fsp3) is 0.625. The van der Waals surface area contributed by atoms with Crippen molar-refractivity contribution in [1.29, 1.82) is 0 Å². The molecule has 0 aromatic heterocycles. The van der Waals surface area contributed by atoms with Crippen LogP contribution in [0.2, 0.25) is 0 Å². The van der Waals surface area contributed by atoms with E-state index in [0.717, 1.165) is 24.3 Å². The molecule has 114 valence electrons. The van der Waals surface area contributed by atoms with E-state index in [1.54, 1.807) is 13.0 Å². The highest BCUT2D eigenvalue weighted by Gasteiger charge is 2.20. The van der Waals surface area contributed by atoms with E-state index < -0.39 is 0 Å². The second-order valence-electron chi connectivity index (χ2n) is 5.85. The van der Waals surface area contributed by atoms with Gasteiger partial charge in [-0.2, -0.15) is 0 Å². The average Bonchev–Trinajstić information content (AvgIpc) is 2.32. The molecule has 3 nitrogen and oxygen atoms in total. The van der Waals surface area contributed by atoms with Crippen molar-refractivity contribution in [2.24, 2.45) is 5.73 Å². The van der Waals surface area contributed by atoms with Crippen LogP contribution in [0, 0.1) is 12.7 Å². The summed E-state index contributed by atoms with van der Waals surface area (Å²) in [6, 6.07) is 3.67. The number of rotatable bonds is 6. The first-order valence-electron chi connectivity index (χ1n) is 7.24. The molecule has 2 atom stereocenters. The van der Waals surface area contributed by atoms with Gasteiger partial charge in [-0.25, -0.2) is 4.39 Å². The number of benzene rings is 1. The molecule has 0 fully saturated rings. The van der Waals surface area contributed by atoms with Crippen LogP contribution in [-0.4, -0.2) is 38.1 Å². The monoisotopic (exact) mass is 281 g/mol. The van der Waals surface area contributed by atoms with Crippen LogP contribution in [0.4, 0.5) is 10.1 Å². The molecule has 0 saturated heterocycles. The lowest BCUT2D eigenvalue weighted by Gasteiger charge is -2.34. The molecule has 1 aromatic carbocycles. The van der Waals surface area contributed by atoms with Gasteiger partial charge in [-0.1, -0.05) is 0 Å². The molecule has 2 N–H and O–H groups in total. The van der Waals surface area contributed by atoms with Crippen LogP contribution in [0.5, 0.6) is 0 Å². The van der Waals surface area contributed by atoms with Crippen molar-refractivity contribution in [2.75, 3.05) is 32.1 Å². The highest BCUT2D eigenvalue weighted by molar-refractivity contribution is 5.57. The second-order valence-corrected chi connectivity index (χ2v) is 5.85. The molecule has 0 aliphatic carbocycles. The molecule has 4 heteroatoms. The molecule has 1 unspecified atom stereocenters. The molecule has 0 bridgehead atoms. The van der Waals surface area contributed by atoms with Gasteiger partial charge in [0, 0.05) is 30.9 Å². The summed E-state index contributed by atoms with van der Waals surface area (Å²) in [5.74, 6) is -0.183. The number of halogens is 1. The van der Waals surface area contributed by atoms with Crippen molar-refractivity contribution in [1.82, 2.24) is 4.90 Å². The van der Waals surface area contributed by atoms with Gasteiger partial charge in [0.25, 0.3) is 0 Å². The van der Waals surface area contributed by atoms with E-state index in [4.69, 9.17) is 5.73 Å². The zero-order chi connectivity index (χ0) is 15.4. The Labute approximate surface area is 122 Å². The van der Waals surface area contributed by atoms with Crippen molar-refractivity contribution in [3.8, 4) is 0 Å². The Hall–Kier alpha value is -1.13. The Kier molecular flexibility index (Phi) is 5.96. The van der Waals surface area contributed by atoms with E-state index in [9.17, 15) is 4.39 Å². The summed E-state index contributed by atoms with van der Waals surface area (Å²) in [7, 11) is 4.12. The summed E-state index contributed by atoms with van der Waals surface area (Å²) in [6.45, 7) is 9.83. The number of hydrogen-bond donors (Lipinski definition) is 1. The standard InChI is InChI=1S/C16H28FN3/c1-7-20(12(3)10-19(5)6)16-8-11(2)15(17)9-14(16)13(4)18/h8-9,12-13H,7,10,18H2,1-6H3/t12?,13-/m0/s1. The minimum absolute atomic E-state index is 0.180. The van der Waals surface area contributed by atoms with Crippen molar-refractivity contribution >= 4 is 5.69 Å². The number of likely N-dealkylation sites (N-methyl/N-ethyl adjacent to an activating group) is 2. The van der Waals surface area contributed by atoms with Gasteiger partial charge < -0.3 is 15.5 Å². The van der Waals surface area contributed by atoms with Gasteiger partial charge in [0.05, 0.1) is 0 Å². The summed E-state index contributed by atoms with van der Waals surface area (Å²) < 4.78 is 13.8. The van der Waals surface area contributed by atoms with Crippen LogP contribution in [0.25, 0.3) is 0 Å². The van der Waals surface area contributed by atoms with Crippen molar-refractivity contribution < 1.29 is 4.39 Å². The molecular weight excluding hydrogens is 253 g/mol. The minimum atomic E-state index is -0.183. The van der Waals surface area contributed by atoms with Crippen LogP contribution >= 0.6 is 0 Å². The Morgan fingerprint density at radius 3 is 2.30 bits per heavy atom. The fourth-order valence-corrected chi connectivity index (χ4v) is 2.64. The summed E-state index contributed by atoms with van der Waals surface area (Å²) in [5, 5.41) is 0. The highest BCUT2D eigenvalue weighted by atomic mass is 19.1. The third-order valence-electron chi connectivity index (χ3n) is 3.61. The lowest BCUT2D eigenvalue weighted by Crippen LogP contribution is -2.41. The lowest BCUT2D eigenvalue weighted by atomic mass is 10.0. The number of aryl methyl sites for hydroxylation is 1. The molecule has 0 radical (unpaired) electrons. The van der Waals surface area contributed by atoms with Crippen LogP contribution in [0.15, 0.2) is 12.1 Å². The molecule has 1 aromatic rings. The van der Waals surface area contributed by atoms with Crippen molar-refractivity contribution in [2.45, 2.75) is 39.8 Å². The predicted molar refractivity (Wildman–Crippen MR) is 84.8 cm³/mol. The van der Waals surface area contributed by atoms with Crippen LogP contribution in [0.3, 0.4) is 0 Å². The molecule has 1 rings (SSSR count). The third kappa shape index (κ3) is 3.93. The van der Waals surface area contributed by atoms with Gasteiger partial charge >= 0.3 is 0 Å². The van der Waals surface area contributed by atoms with E-state index in [0.29, 0.717) is 11.6 Å². The molecule has 0 amide bonds. The normalized spacial score (nSPS) is 14.4. The first kappa shape index (κ1) is 16.9. The maximum Gasteiger partial charge on any atom is 0.126 e. The molecule has 0 aliphatic rings. The second kappa shape index (κ2) is 7.04. The first-order valence-corrected chi connectivity index (χ1v) is 7.24. The largest absolute Gasteiger partial charge is 0.368 e. The summed E-state index contributed by atoms with van der Waals surface area (Å²) in [6.07, 6.45) is 0. The van der Waals surface area contributed by atoms with E-state index in [2.05, 4.69) is 37.7 Å². The smallest absolute Gasteiger partial charge is 0.126 e. The van der Waals surface area contributed by atoms with Gasteiger partial charge in [-0.3, -0.25) is 0 Å². The molecule has 0 aliphatic heterocycles. The number of anilines is 1. The van der Waals surface area contributed by atoms with Gasteiger partial charge in [-0.15, -0.1) is 0 Å². The molecule has 20 heavy (non-hydrogen) atoms. The van der Waals surface area contributed by atoms with E-state index in [-0.39, 0.29) is 11.9 Å². The van der Waals surface area contributed by atoms with Crippen molar-refractivity contribution in [3.63, 3.8) is 0 Å². The van der Waals surface area contributed by atoms with Crippen molar-refractivity contribution in [3.05, 3.63) is 29.1 Å². The Bertz CT molecular complexity index is 444. The fourth-order valence-electron chi connectivity index (χ4n) is 2.64. The van der Waals surface area contributed by atoms with E-state index in [1.165, 1.54) is 0 Å². The Balaban J connectivity index is 3.23. The van der Waals surface area contributed by atoms with Gasteiger partial charge in [0.2, 0.25) is 0 Å². The van der Waals surface area contributed by atoms with E-state index in [1.807, 2.05) is 13.0 Å². The molecular formula is C16H28FN3. The van der Waals surface area contributed by atoms with Crippen LogP contribution in [0.1, 0.15) is 37.9 Å². The predicted octanol–water partition coefficient (Wildman–Crippen LogP) is 2.93. The third-order valence-corrected chi connectivity index (χ3v) is 3.61. The SMILES string of the molecule is CCN(c1cc(C)c(F)cc1[C@H](C)N)C(C)CN(C)C. The molecule has 0 saturated carbocycles. The van der Waals surface area contributed by atoms with Crippen LogP contribution < -0.4 is 10.6 Å². The zero-order valence-electron chi connectivity index (χ0n) is 13.6. The van der Waals surface area contributed by atoms with E-state index >= 15 is 0 Å². The molecule has 0 heterocycles. The number of nitrogens with two attached hydrogens (primary N) is 1. The van der Waals surface area contributed by atoms with Gasteiger partial charge in [0.1, 0.15) is 5.82 Å². The van der Waals surface area contributed by atoms with Gasteiger partial charge in [-0.05, 0) is 65.0 Å². The molecule has 0 spiro atoms. The Morgan fingerprint density at radius 2 is 1.85 bits per heavy atom. The average molecular weight is 281 g/mol. The highest BCUT2D eigenvalue weighted by Crippen LogP contribution is 2.29. The number of hydrogen-bond acceptors (Lipinski definition) is 3. The summed E-state index contributed by atoms with van der Waals surface area (Å²) in [4.78, 5) is 4.46. The summed E-state index contributed by atoms with van der Waals surface area (Å²) >= 11 is 0. The minimum Gasteiger partial charge on any atom is -0.368 e. The van der Waals surface area contributed by atoms with Gasteiger partial charge in [0.15, 0.2) is 0 Å². The lowest BCUT2D eigenvalue weighted by molar-refractivity contribution is 0.372. The number of nitrogens with zero attached hydrogens (tertiary/aromatic N) is 2. The quantitative estimate of drug-likeness (QED) is 0.870. The summed E-state index contributed by atoms with van der Waals surface area (Å²) in [5.41, 5.74) is 8.62. The zero-order valence-corrected chi connectivity index (χ0v) is 13.6. The maximum atomic E-state index is 13.8. The first-order chi connectivity index (χ1) is 9.27. The topological polar surface area (TPSA) is 32.5 Å². The maximum absolute atomic E-state index is 13.8.